The predicted molar refractivity (Wildman–Crippen MR) is 125 cm³/mol. The summed E-state index contributed by atoms with van der Waals surface area (Å²) >= 11 is 5.94. The molecule has 2 aliphatic rings. The number of amides is 1. The number of hydrogen-bond donors (Lipinski definition) is 1. The average molecular weight is 520 g/mol. The van der Waals surface area contributed by atoms with E-state index in [1.807, 2.05) is 29.2 Å². The van der Waals surface area contributed by atoms with Crippen LogP contribution in [0.5, 0.6) is 0 Å². The fourth-order valence-electron chi connectivity index (χ4n) is 3.65. The normalized spacial score (nSPS) is 18.9. The minimum Gasteiger partial charge on any atom is -0.355 e. The third kappa shape index (κ3) is 6.22. The molecule has 1 unspecified atom stereocenters. The first kappa shape index (κ1) is 23.2. The largest absolute Gasteiger partial charge is 0.355 e. The number of guanidine groups is 1. The molecule has 1 saturated heterocycles. The minimum atomic E-state index is 0. The highest BCUT2D eigenvalue weighted by molar-refractivity contribution is 14.0. The van der Waals surface area contributed by atoms with Crippen LogP contribution in [0, 0.1) is 5.92 Å². The first-order valence-electron chi connectivity index (χ1n) is 9.62. The van der Waals surface area contributed by atoms with E-state index in [4.69, 9.17) is 11.6 Å². The topological polar surface area (TPSA) is 51.2 Å². The predicted octanol–water partition coefficient (Wildman–Crippen LogP) is 2.52. The smallest absolute Gasteiger partial charge is 0.242 e. The van der Waals surface area contributed by atoms with Crippen LogP contribution in [-0.4, -0.2) is 79.9 Å². The number of halogens is 2. The zero-order valence-corrected chi connectivity index (χ0v) is 20.0. The van der Waals surface area contributed by atoms with E-state index < -0.39 is 0 Å². The second kappa shape index (κ2) is 10.6. The highest BCUT2D eigenvalue weighted by Crippen LogP contribution is 2.34. The van der Waals surface area contributed by atoms with Crippen LogP contribution in [0.3, 0.4) is 0 Å². The summed E-state index contributed by atoms with van der Waals surface area (Å²) in [5, 5.41) is 4.20. The first-order chi connectivity index (χ1) is 13.0. The van der Waals surface area contributed by atoms with Crippen LogP contribution in [0.2, 0.25) is 5.02 Å². The fraction of sp³-hybridized carbons (Fsp3) is 0.600. The second-order valence-electron chi connectivity index (χ2n) is 7.66. The van der Waals surface area contributed by atoms with Gasteiger partial charge in [-0.15, -0.1) is 24.0 Å². The summed E-state index contributed by atoms with van der Waals surface area (Å²) in [5.41, 5.74) is 1.10. The van der Waals surface area contributed by atoms with Gasteiger partial charge in [-0.25, -0.2) is 0 Å². The number of aliphatic imine (C=N–C) groups is 1. The van der Waals surface area contributed by atoms with Gasteiger partial charge in [-0.05, 0) is 50.6 Å². The third-order valence-electron chi connectivity index (χ3n) is 5.42. The maximum Gasteiger partial charge on any atom is 0.242 e. The van der Waals surface area contributed by atoms with E-state index in [1.165, 1.54) is 12.8 Å². The fourth-order valence-corrected chi connectivity index (χ4v) is 3.77. The quantitative estimate of drug-likeness (QED) is 0.357. The molecule has 0 bridgehead atoms. The molecule has 28 heavy (non-hydrogen) atoms. The molecule has 1 aliphatic heterocycles. The number of benzene rings is 1. The monoisotopic (exact) mass is 519 g/mol. The summed E-state index contributed by atoms with van der Waals surface area (Å²) in [6, 6.07) is 8.20. The Morgan fingerprint density at radius 1 is 1.29 bits per heavy atom. The van der Waals surface area contributed by atoms with Gasteiger partial charge in [0.15, 0.2) is 5.96 Å². The van der Waals surface area contributed by atoms with E-state index in [0.29, 0.717) is 30.7 Å². The van der Waals surface area contributed by atoms with Crippen molar-refractivity contribution in [1.82, 2.24) is 20.0 Å². The molecule has 156 valence electrons. The molecule has 0 radical (unpaired) electrons. The van der Waals surface area contributed by atoms with E-state index in [-0.39, 0.29) is 29.9 Å². The maximum atomic E-state index is 12.6. The lowest BCUT2D eigenvalue weighted by atomic mass is 10.1. The summed E-state index contributed by atoms with van der Waals surface area (Å²) in [6.45, 7) is 3.34. The van der Waals surface area contributed by atoms with Crippen LogP contribution in [0.15, 0.2) is 29.3 Å². The average Bonchev–Trinajstić information content (AvgIpc) is 3.47. The number of likely N-dealkylation sites (N-methyl/N-ethyl adjacent to an activating group) is 1. The molecule has 0 aromatic heterocycles. The van der Waals surface area contributed by atoms with E-state index in [0.717, 1.165) is 30.5 Å². The van der Waals surface area contributed by atoms with Gasteiger partial charge < -0.3 is 20.0 Å². The van der Waals surface area contributed by atoms with Crippen LogP contribution in [0.1, 0.15) is 18.4 Å². The molecule has 1 aromatic rings. The molecule has 8 heteroatoms. The molecule has 3 rings (SSSR count). The molecule has 1 heterocycles. The zero-order valence-electron chi connectivity index (χ0n) is 16.9. The summed E-state index contributed by atoms with van der Waals surface area (Å²) in [4.78, 5) is 23.3. The number of rotatable bonds is 6. The van der Waals surface area contributed by atoms with Gasteiger partial charge in [0.05, 0.1) is 6.54 Å². The lowest BCUT2D eigenvalue weighted by Crippen LogP contribution is -2.56. The number of piperazine rings is 1. The van der Waals surface area contributed by atoms with E-state index >= 15 is 0 Å². The standard InChI is InChI=1S/C20H30ClN5O.HI/c1-22-20(23-12-18(24(2)3)16-6-7-16)26-11-10-25(19(27)14-26)13-15-4-8-17(21)9-5-15;/h4-5,8-9,16,18H,6-7,10-14H2,1-3H3,(H,22,23);1H. The Balaban J connectivity index is 0.00000280. The van der Waals surface area contributed by atoms with Gasteiger partial charge in [-0.3, -0.25) is 9.79 Å². The van der Waals surface area contributed by atoms with Gasteiger partial charge in [0.2, 0.25) is 5.91 Å². The van der Waals surface area contributed by atoms with Crippen molar-refractivity contribution in [3.63, 3.8) is 0 Å². The number of hydrogen-bond acceptors (Lipinski definition) is 3. The molecule has 2 fully saturated rings. The maximum absolute atomic E-state index is 12.6. The number of nitrogens with zero attached hydrogens (tertiary/aromatic N) is 4. The van der Waals surface area contributed by atoms with Gasteiger partial charge in [0.25, 0.3) is 0 Å². The highest BCUT2D eigenvalue weighted by Gasteiger charge is 2.33. The van der Waals surface area contributed by atoms with Crippen molar-refractivity contribution in [1.29, 1.82) is 0 Å². The lowest BCUT2D eigenvalue weighted by Gasteiger charge is -2.36. The molecule has 1 saturated carbocycles. The molecular formula is C20H31ClIN5O. The molecule has 1 N–H and O–H groups in total. The van der Waals surface area contributed by atoms with E-state index in [9.17, 15) is 4.79 Å². The number of carbonyl (C=O) groups excluding carboxylic acids is 1. The molecular weight excluding hydrogens is 489 g/mol. The Kier molecular flexibility index (Phi) is 8.82. The van der Waals surface area contributed by atoms with Crippen molar-refractivity contribution in [3.8, 4) is 0 Å². The van der Waals surface area contributed by atoms with Crippen molar-refractivity contribution < 1.29 is 4.79 Å². The first-order valence-corrected chi connectivity index (χ1v) is 10.00. The Hall–Kier alpha value is -1.06. The number of carbonyl (C=O) groups is 1. The molecule has 0 spiro atoms. The summed E-state index contributed by atoms with van der Waals surface area (Å²) < 4.78 is 0. The van der Waals surface area contributed by atoms with Crippen molar-refractivity contribution in [2.75, 3.05) is 47.3 Å². The number of nitrogens with one attached hydrogen (secondary N) is 1. The Morgan fingerprint density at radius 2 is 1.96 bits per heavy atom. The van der Waals surface area contributed by atoms with Crippen LogP contribution < -0.4 is 5.32 Å². The summed E-state index contributed by atoms with van der Waals surface area (Å²) in [6.07, 6.45) is 2.62. The van der Waals surface area contributed by atoms with Crippen molar-refractivity contribution in [2.24, 2.45) is 10.9 Å². The third-order valence-corrected chi connectivity index (χ3v) is 5.67. The SMILES string of the molecule is CN=C(NCC(C1CC1)N(C)C)N1CCN(Cc2ccc(Cl)cc2)C(=O)C1.I. The Morgan fingerprint density at radius 3 is 2.50 bits per heavy atom. The van der Waals surface area contributed by atoms with Crippen molar-refractivity contribution in [3.05, 3.63) is 34.9 Å². The molecule has 6 nitrogen and oxygen atoms in total. The van der Waals surface area contributed by atoms with Crippen LogP contribution in [-0.2, 0) is 11.3 Å². The highest BCUT2D eigenvalue weighted by atomic mass is 127. The van der Waals surface area contributed by atoms with E-state index in [2.05, 4.69) is 34.2 Å². The summed E-state index contributed by atoms with van der Waals surface area (Å²) in [7, 11) is 6.05. The van der Waals surface area contributed by atoms with Gasteiger partial charge in [0.1, 0.15) is 0 Å². The lowest BCUT2D eigenvalue weighted by molar-refractivity contribution is -0.135. The van der Waals surface area contributed by atoms with E-state index in [1.54, 1.807) is 7.05 Å². The summed E-state index contributed by atoms with van der Waals surface area (Å²) in [5.74, 6) is 1.73. The molecule has 1 aliphatic carbocycles. The van der Waals surface area contributed by atoms with Gasteiger partial charge in [-0.2, -0.15) is 0 Å². The van der Waals surface area contributed by atoms with Gasteiger partial charge in [0, 0.05) is 44.3 Å². The van der Waals surface area contributed by atoms with Crippen LogP contribution in [0.4, 0.5) is 0 Å². The second-order valence-corrected chi connectivity index (χ2v) is 8.10. The molecule has 1 aromatic carbocycles. The van der Waals surface area contributed by atoms with Crippen molar-refractivity contribution in [2.45, 2.75) is 25.4 Å². The van der Waals surface area contributed by atoms with Crippen molar-refractivity contribution >= 4 is 47.4 Å². The van der Waals surface area contributed by atoms with Gasteiger partial charge in [-0.1, -0.05) is 23.7 Å². The van der Waals surface area contributed by atoms with Crippen LogP contribution in [0.25, 0.3) is 0 Å². The van der Waals surface area contributed by atoms with Crippen LogP contribution >= 0.6 is 35.6 Å². The minimum absolute atomic E-state index is 0. The Bertz CT molecular complexity index is 676. The Labute approximate surface area is 190 Å². The molecule has 1 amide bonds. The zero-order chi connectivity index (χ0) is 19.4. The van der Waals surface area contributed by atoms with Gasteiger partial charge >= 0.3 is 0 Å². The molecule has 1 atom stereocenters.